The zero-order chi connectivity index (χ0) is 17.4. The lowest BCUT2D eigenvalue weighted by atomic mass is 9.78. The Labute approximate surface area is 154 Å². The lowest BCUT2D eigenvalue weighted by Crippen LogP contribution is -2.49. The first-order chi connectivity index (χ1) is 12.1. The molecule has 134 valence electrons. The topological polar surface area (TPSA) is 81.0 Å². The fraction of sp³-hybridized carbons (Fsp3) is 0.556. The Morgan fingerprint density at radius 2 is 1.88 bits per heavy atom. The molecule has 0 unspecified atom stereocenters. The van der Waals surface area contributed by atoms with Gasteiger partial charge in [-0.3, -0.25) is 9.69 Å². The molecule has 3 N–H and O–H groups in total. The number of fused-ring (bicyclic) bond motifs is 2. The van der Waals surface area contributed by atoms with Gasteiger partial charge >= 0.3 is 5.69 Å². The number of carbonyl (C=O) groups is 1. The molecule has 0 spiro atoms. The number of H-pyrrole nitrogens is 2. The minimum Gasteiger partial charge on any atom is -0.324 e. The highest BCUT2D eigenvalue weighted by Gasteiger charge is 2.33. The van der Waals surface area contributed by atoms with Gasteiger partial charge in [0.15, 0.2) is 0 Å². The van der Waals surface area contributed by atoms with Gasteiger partial charge < -0.3 is 15.3 Å². The van der Waals surface area contributed by atoms with E-state index in [0.29, 0.717) is 23.8 Å². The Balaban J connectivity index is 1.46. The summed E-state index contributed by atoms with van der Waals surface area (Å²) >= 11 is 3.47. The van der Waals surface area contributed by atoms with Gasteiger partial charge in [0.1, 0.15) is 0 Å². The maximum Gasteiger partial charge on any atom is 0.323 e. The fourth-order valence-electron chi connectivity index (χ4n) is 4.45. The van der Waals surface area contributed by atoms with Crippen LogP contribution >= 0.6 is 15.9 Å². The van der Waals surface area contributed by atoms with Crippen LogP contribution in [0.2, 0.25) is 0 Å². The second-order valence-electron chi connectivity index (χ2n) is 7.23. The molecule has 2 aromatic rings. The molecule has 1 saturated heterocycles. The van der Waals surface area contributed by atoms with Gasteiger partial charge in [-0.2, -0.15) is 0 Å². The number of nitrogens with zero attached hydrogens (tertiary/aromatic N) is 1. The van der Waals surface area contributed by atoms with Gasteiger partial charge in [-0.1, -0.05) is 12.8 Å². The average Bonchev–Trinajstić information content (AvgIpc) is 2.94. The van der Waals surface area contributed by atoms with Crippen molar-refractivity contribution in [3.63, 3.8) is 0 Å². The summed E-state index contributed by atoms with van der Waals surface area (Å²) in [5.41, 5.74) is 1.84. The molecule has 2 heterocycles. The number of nitrogens with one attached hydrogen (secondary N) is 3. The number of rotatable bonds is 3. The molecule has 7 heteroatoms. The number of hydrogen-bond acceptors (Lipinski definition) is 3. The molecule has 1 aliphatic carbocycles. The molecule has 1 saturated carbocycles. The van der Waals surface area contributed by atoms with Crippen LogP contribution in [0.1, 0.15) is 38.5 Å². The summed E-state index contributed by atoms with van der Waals surface area (Å²) in [5, 5.41) is 2.99. The van der Waals surface area contributed by atoms with E-state index in [1.54, 1.807) is 12.1 Å². The Bertz CT molecular complexity index is 841. The van der Waals surface area contributed by atoms with Crippen molar-refractivity contribution in [1.29, 1.82) is 0 Å². The van der Waals surface area contributed by atoms with Gasteiger partial charge in [0.05, 0.1) is 23.3 Å². The van der Waals surface area contributed by atoms with Crippen LogP contribution in [0.15, 0.2) is 21.4 Å². The quantitative estimate of drug-likeness (QED) is 0.731. The highest BCUT2D eigenvalue weighted by molar-refractivity contribution is 9.10. The van der Waals surface area contributed by atoms with Gasteiger partial charge in [0, 0.05) is 10.5 Å². The van der Waals surface area contributed by atoms with E-state index in [9.17, 15) is 9.59 Å². The van der Waals surface area contributed by atoms with Gasteiger partial charge in [-0.05, 0) is 66.2 Å². The van der Waals surface area contributed by atoms with Gasteiger partial charge in [0.2, 0.25) is 5.91 Å². The molecule has 4 rings (SSSR count). The first kappa shape index (κ1) is 16.8. The molecule has 25 heavy (non-hydrogen) atoms. The van der Waals surface area contributed by atoms with E-state index in [4.69, 9.17) is 0 Å². The highest BCUT2D eigenvalue weighted by atomic mass is 79.9. The smallest absolute Gasteiger partial charge is 0.323 e. The molecule has 6 nitrogen and oxygen atoms in total. The molecule has 0 bridgehead atoms. The molecule has 0 radical (unpaired) electrons. The maximum absolute atomic E-state index is 12.6. The molecule has 2 aliphatic rings. The minimum absolute atomic E-state index is 0.00385. The van der Waals surface area contributed by atoms with Gasteiger partial charge in [-0.15, -0.1) is 0 Å². The number of benzene rings is 1. The summed E-state index contributed by atoms with van der Waals surface area (Å²) in [6.07, 6.45) is 7.65. The predicted molar refractivity (Wildman–Crippen MR) is 102 cm³/mol. The Morgan fingerprint density at radius 3 is 2.72 bits per heavy atom. The predicted octanol–water partition coefficient (Wildman–Crippen LogP) is 3.21. The summed E-state index contributed by atoms with van der Waals surface area (Å²) in [7, 11) is 0. The van der Waals surface area contributed by atoms with E-state index in [1.165, 1.54) is 38.5 Å². The van der Waals surface area contributed by atoms with Crippen molar-refractivity contribution in [2.45, 2.75) is 44.6 Å². The molecule has 1 aromatic carbocycles. The monoisotopic (exact) mass is 406 g/mol. The summed E-state index contributed by atoms with van der Waals surface area (Å²) in [6.45, 7) is 1.45. The van der Waals surface area contributed by atoms with Crippen LogP contribution in [-0.4, -0.2) is 39.9 Å². The highest BCUT2D eigenvalue weighted by Crippen LogP contribution is 2.35. The lowest BCUT2D eigenvalue weighted by molar-refractivity contribution is -0.118. The van der Waals surface area contributed by atoms with Crippen LogP contribution < -0.4 is 11.0 Å². The molecule has 1 aliphatic heterocycles. The van der Waals surface area contributed by atoms with Crippen LogP contribution in [0.25, 0.3) is 11.0 Å². The molecule has 1 aromatic heterocycles. The molecular formula is C18H23BrN4O2. The van der Waals surface area contributed by atoms with E-state index >= 15 is 0 Å². The number of aromatic amines is 2. The largest absolute Gasteiger partial charge is 0.324 e. The van der Waals surface area contributed by atoms with Gasteiger partial charge in [-0.25, -0.2) is 4.79 Å². The fourth-order valence-corrected chi connectivity index (χ4v) is 4.89. The summed E-state index contributed by atoms with van der Waals surface area (Å²) in [4.78, 5) is 31.8. The van der Waals surface area contributed by atoms with Crippen LogP contribution in [0.5, 0.6) is 0 Å². The minimum atomic E-state index is -0.248. The van der Waals surface area contributed by atoms with E-state index in [1.807, 2.05) is 0 Å². The van der Waals surface area contributed by atoms with E-state index in [-0.39, 0.29) is 11.6 Å². The maximum atomic E-state index is 12.6. The van der Waals surface area contributed by atoms with Crippen LogP contribution in [0.3, 0.4) is 0 Å². The SMILES string of the molecule is O=C(CN1CCC[C@@H]2CCCC[C@@H]21)Nc1cc2[nH]c(=O)[nH]c2cc1Br. The number of aromatic nitrogens is 2. The first-order valence-electron chi connectivity index (χ1n) is 9.05. The molecular weight excluding hydrogens is 384 g/mol. The number of likely N-dealkylation sites (tertiary alicyclic amines) is 1. The summed E-state index contributed by atoms with van der Waals surface area (Å²) < 4.78 is 0.762. The normalized spacial score (nSPS) is 24.2. The number of hydrogen-bond donors (Lipinski definition) is 3. The number of halogens is 1. The second kappa shape index (κ2) is 6.96. The molecule has 2 atom stereocenters. The molecule has 1 amide bonds. The van der Waals surface area contributed by atoms with E-state index in [2.05, 4.69) is 36.1 Å². The van der Waals surface area contributed by atoms with Crippen molar-refractivity contribution >= 4 is 38.6 Å². The lowest BCUT2D eigenvalue weighted by Gasteiger charge is -2.43. The number of anilines is 1. The third-order valence-corrected chi connectivity index (χ3v) is 6.24. The number of piperidine rings is 1. The summed E-state index contributed by atoms with van der Waals surface area (Å²) in [6, 6.07) is 4.16. The second-order valence-corrected chi connectivity index (χ2v) is 8.08. The average molecular weight is 407 g/mol. The van der Waals surface area contributed by atoms with Crippen LogP contribution in [0, 0.1) is 5.92 Å². The Kier molecular flexibility index (Phi) is 4.69. The number of amides is 1. The molecule has 2 fully saturated rings. The Morgan fingerprint density at radius 1 is 1.16 bits per heavy atom. The first-order valence-corrected chi connectivity index (χ1v) is 9.85. The standard InChI is InChI=1S/C18H23BrN4O2/c19-12-8-14-15(22-18(25)21-14)9-13(12)20-17(24)10-23-7-3-5-11-4-1-2-6-16(11)23/h8-9,11,16H,1-7,10H2,(H,20,24)(H2,21,22,25)/t11-,16-/m0/s1. The van der Waals surface area contributed by atoms with Crippen molar-refractivity contribution < 1.29 is 4.79 Å². The van der Waals surface area contributed by atoms with Crippen molar-refractivity contribution in [3.05, 3.63) is 27.1 Å². The Hall–Kier alpha value is -1.60. The zero-order valence-electron chi connectivity index (χ0n) is 14.1. The van der Waals surface area contributed by atoms with Crippen LogP contribution in [-0.2, 0) is 4.79 Å². The van der Waals surface area contributed by atoms with Crippen LogP contribution in [0.4, 0.5) is 5.69 Å². The zero-order valence-corrected chi connectivity index (χ0v) is 15.7. The van der Waals surface area contributed by atoms with E-state index in [0.717, 1.165) is 22.5 Å². The number of carbonyl (C=O) groups excluding carboxylic acids is 1. The number of imidazole rings is 1. The van der Waals surface area contributed by atoms with Crippen molar-refractivity contribution in [2.24, 2.45) is 5.92 Å². The third kappa shape index (κ3) is 3.53. The summed E-state index contributed by atoms with van der Waals surface area (Å²) in [5.74, 6) is 0.771. The third-order valence-electron chi connectivity index (χ3n) is 5.58. The van der Waals surface area contributed by atoms with Crippen molar-refractivity contribution in [1.82, 2.24) is 14.9 Å². The van der Waals surface area contributed by atoms with Gasteiger partial charge in [0.25, 0.3) is 0 Å². The van der Waals surface area contributed by atoms with Crippen molar-refractivity contribution in [3.8, 4) is 0 Å². The van der Waals surface area contributed by atoms with Crippen molar-refractivity contribution in [2.75, 3.05) is 18.4 Å². The van der Waals surface area contributed by atoms with E-state index < -0.39 is 0 Å².